The number of hydrogen-bond acceptors (Lipinski definition) is 2. The topological polar surface area (TPSA) is 46.2 Å². The molecule has 0 radical (unpaired) electrons. The fourth-order valence-corrected chi connectivity index (χ4v) is 1.86. The van der Waals surface area contributed by atoms with Gasteiger partial charge in [-0.3, -0.25) is 0 Å². The zero-order valence-corrected chi connectivity index (χ0v) is 10.5. The van der Waals surface area contributed by atoms with Crippen LogP contribution >= 0.6 is 0 Å². The summed E-state index contributed by atoms with van der Waals surface area (Å²) < 4.78 is 0. The molecular formula is C14H23NO. The Kier molecular flexibility index (Phi) is 4.81. The first-order valence-corrected chi connectivity index (χ1v) is 6.05. The van der Waals surface area contributed by atoms with Crippen LogP contribution in [0, 0.1) is 12.8 Å². The van der Waals surface area contributed by atoms with Crippen molar-refractivity contribution in [1.82, 2.24) is 0 Å². The second-order valence-corrected chi connectivity index (χ2v) is 4.87. The van der Waals surface area contributed by atoms with Crippen molar-refractivity contribution < 1.29 is 5.11 Å². The summed E-state index contributed by atoms with van der Waals surface area (Å²) >= 11 is 0. The van der Waals surface area contributed by atoms with Crippen molar-refractivity contribution in [3.05, 3.63) is 29.3 Å². The van der Waals surface area contributed by atoms with E-state index in [1.165, 1.54) is 0 Å². The third-order valence-electron chi connectivity index (χ3n) is 3.21. The Labute approximate surface area is 98.5 Å². The zero-order chi connectivity index (χ0) is 12.1. The molecular weight excluding hydrogens is 198 g/mol. The molecule has 1 aromatic carbocycles. The quantitative estimate of drug-likeness (QED) is 0.803. The predicted molar refractivity (Wildman–Crippen MR) is 68.6 cm³/mol. The van der Waals surface area contributed by atoms with Gasteiger partial charge >= 0.3 is 0 Å². The highest BCUT2D eigenvalue weighted by molar-refractivity contribution is 5.38. The lowest BCUT2D eigenvalue weighted by Crippen LogP contribution is -2.26. The van der Waals surface area contributed by atoms with E-state index in [0.717, 1.165) is 30.4 Å². The van der Waals surface area contributed by atoms with Gasteiger partial charge in [0.2, 0.25) is 0 Å². The number of benzene rings is 1. The van der Waals surface area contributed by atoms with Crippen LogP contribution in [0.15, 0.2) is 18.2 Å². The fourth-order valence-electron chi connectivity index (χ4n) is 1.86. The van der Waals surface area contributed by atoms with Gasteiger partial charge in [-0.25, -0.2) is 0 Å². The Hall–Kier alpha value is -1.02. The molecule has 90 valence electrons. The van der Waals surface area contributed by atoms with Gasteiger partial charge in [-0.2, -0.15) is 0 Å². The average molecular weight is 221 g/mol. The molecule has 0 bridgehead atoms. The summed E-state index contributed by atoms with van der Waals surface area (Å²) in [7, 11) is 0. The van der Waals surface area contributed by atoms with Crippen LogP contribution in [0.5, 0.6) is 5.75 Å². The normalized spacial score (nSPS) is 13.1. The Balaban J connectivity index is 2.49. The average Bonchev–Trinajstić information content (AvgIpc) is 2.22. The highest BCUT2D eigenvalue weighted by Gasteiger charge is 2.09. The van der Waals surface area contributed by atoms with E-state index in [9.17, 15) is 5.11 Å². The monoisotopic (exact) mass is 221 g/mol. The first-order chi connectivity index (χ1) is 7.52. The summed E-state index contributed by atoms with van der Waals surface area (Å²) in [6, 6.07) is 5.95. The first kappa shape index (κ1) is 13.0. The van der Waals surface area contributed by atoms with Crippen LogP contribution in [0.1, 0.15) is 37.8 Å². The molecule has 1 aromatic rings. The van der Waals surface area contributed by atoms with Gasteiger partial charge < -0.3 is 10.8 Å². The zero-order valence-electron chi connectivity index (χ0n) is 10.5. The Bertz CT molecular complexity index is 313. The smallest absolute Gasteiger partial charge is 0.119 e. The molecule has 0 aliphatic heterocycles. The molecule has 3 N–H and O–H groups in total. The number of aryl methyl sites for hydroxylation is 1. The van der Waals surface area contributed by atoms with E-state index >= 15 is 0 Å². The molecule has 1 atom stereocenters. The second kappa shape index (κ2) is 5.90. The van der Waals surface area contributed by atoms with E-state index in [4.69, 9.17) is 5.73 Å². The van der Waals surface area contributed by atoms with E-state index in [1.54, 1.807) is 6.07 Å². The number of aromatic hydroxyl groups is 1. The van der Waals surface area contributed by atoms with Crippen molar-refractivity contribution in [3.63, 3.8) is 0 Å². The number of hydrogen-bond donors (Lipinski definition) is 2. The van der Waals surface area contributed by atoms with Crippen LogP contribution < -0.4 is 5.73 Å². The van der Waals surface area contributed by atoms with Gasteiger partial charge in [0.15, 0.2) is 0 Å². The number of nitrogens with two attached hydrogens (primary N) is 1. The minimum absolute atomic E-state index is 0.270. The predicted octanol–water partition coefficient (Wildman–Crippen LogP) is 3.01. The van der Waals surface area contributed by atoms with Crippen LogP contribution in [-0.4, -0.2) is 11.1 Å². The molecule has 0 spiro atoms. The summed E-state index contributed by atoms with van der Waals surface area (Å²) in [5.41, 5.74) is 8.23. The second-order valence-electron chi connectivity index (χ2n) is 4.87. The minimum atomic E-state index is 0.270. The molecule has 2 heteroatoms. The van der Waals surface area contributed by atoms with Gasteiger partial charge in [-0.1, -0.05) is 26.0 Å². The molecule has 2 nitrogen and oxygen atoms in total. The molecule has 0 saturated heterocycles. The lowest BCUT2D eigenvalue weighted by Gasteiger charge is -2.15. The van der Waals surface area contributed by atoms with Crippen molar-refractivity contribution in [3.8, 4) is 5.75 Å². The van der Waals surface area contributed by atoms with Crippen LogP contribution in [-0.2, 0) is 6.42 Å². The van der Waals surface area contributed by atoms with Crippen molar-refractivity contribution in [2.24, 2.45) is 11.7 Å². The molecule has 0 aliphatic rings. The summed E-state index contributed by atoms with van der Waals surface area (Å²) in [5.74, 6) is 0.948. The highest BCUT2D eigenvalue weighted by atomic mass is 16.3. The van der Waals surface area contributed by atoms with Crippen LogP contribution in [0.4, 0.5) is 0 Å². The van der Waals surface area contributed by atoms with Crippen LogP contribution in [0.25, 0.3) is 0 Å². The molecule has 1 unspecified atom stereocenters. The van der Waals surface area contributed by atoms with Crippen molar-refractivity contribution in [2.45, 2.75) is 46.1 Å². The van der Waals surface area contributed by atoms with Crippen molar-refractivity contribution in [2.75, 3.05) is 0 Å². The SMILES string of the molecule is Cc1cccc(O)c1CCCC(N)C(C)C. The van der Waals surface area contributed by atoms with E-state index < -0.39 is 0 Å². The number of phenolic OH excluding ortho intramolecular Hbond substituents is 1. The molecule has 0 fully saturated rings. The summed E-state index contributed by atoms with van der Waals surface area (Å²) in [6.07, 6.45) is 2.97. The highest BCUT2D eigenvalue weighted by Crippen LogP contribution is 2.22. The Morgan fingerprint density at radius 2 is 2.00 bits per heavy atom. The Morgan fingerprint density at radius 1 is 1.31 bits per heavy atom. The van der Waals surface area contributed by atoms with Crippen LogP contribution in [0.3, 0.4) is 0 Å². The standard InChI is InChI=1S/C14H23NO/c1-10(2)13(15)8-5-7-12-11(3)6-4-9-14(12)16/h4,6,9-10,13,16H,5,7-8,15H2,1-3H3. The van der Waals surface area contributed by atoms with Crippen LogP contribution in [0.2, 0.25) is 0 Å². The van der Waals surface area contributed by atoms with E-state index in [-0.39, 0.29) is 6.04 Å². The first-order valence-electron chi connectivity index (χ1n) is 6.05. The summed E-state index contributed by atoms with van der Waals surface area (Å²) in [4.78, 5) is 0. The van der Waals surface area contributed by atoms with Gasteiger partial charge in [0.1, 0.15) is 5.75 Å². The van der Waals surface area contributed by atoms with Gasteiger partial charge in [0, 0.05) is 6.04 Å². The third kappa shape index (κ3) is 3.53. The van der Waals surface area contributed by atoms with Gasteiger partial charge in [0.25, 0.3) is 0 Å². The maximum absolute atomic E-state index is 9.73. The van der Waals surface area contributed by atoms with E-state index in [0.29, 0.717) is 11.7 Å². The van der Waals surface area contributed by atoms with Gasteiger partial charge in [-0.15, -0.1) is 0 Å². The molecule has 0 saturated carbocycles. The molecule has 1 rings (SSSR count). The number of rotatable bonds is 5. The van der Waals surface area contributed by atoms with Gasteiger partial charge in [0.05, 0.1) is 0 Å². The molecule has 0 aliphatic carbocycles. The van der Waals surface area contributed by atoms with Gasteiger partial charge in [-0.05, 0) is 49.3 Å². The molecule has 0 amide bonds. The molecule has 0 aromatic heterocycles. The van der Waals surface area contributed by atoms with E-state index in [1.807, 2.05) is 19.1 Å². The summed E-state index contributed by atoms with van der Waals surface area (Å²) in [6.45, 7) is 6.34. The van der Waals surface area contributed by atoms with E-state index in [2.05, 4.69) is 13.8 Å². The maximum atomic E-state index is 9.73. The molecule has 16 heavy (non-hydrogen) atoms. The van der Waals surface area contributed by atoms with Crippen molar-refractivity contribution >= 4 is 0 Å². The number of phenols is 1. The Morgan fingerprint density at radius 3 is 2.56 bits per heavy atom. The lowest BCUT2D eigenvalue weighted by molar-refractivity contribution is 0.443. The summed E-state index contributed by atoms with van der Waals surface area (Å²) in [5, 5.41) is 9.73. The largest absolute Gasteiger partial charge is 0.508 e. The third-order valence-corrected chi connectivity index (χ3v) is 3.21. The fraction of sp³-hybridized carbons (Fsp3) is 0.571. The van der Waals surface area contributed by atoms with Crippen molar-refractivity contribution in [1.29, 1.82) is 0 Å². The molecule has 0 heterocycles. The lowest BCUT2D eigenvalue weighted by atomic mass is 9.96. The maximum Gasteiger partial charge on any atom is 0.119 e. The minimum Gasteiger partial charge on any atom is -0.508 e.